The summed E-state index contributed by atoms with van der Waals surface area (Å²) in [6.45, 7) is 2.39. The molecule has 40 heavy (non-hydrogen) atoms. The number of aromatic nitrogens is 3. The molecule has 0 bridgehead atoms. The molecule has 8 heteroatoms. The number of hydrogen-bond donors (Lipinski definition) is 1. The number of nitrogens with zero attached hydrogens (tertiary/aromatic N) is 4. The summed E-state index contributed by atoms with van der Waals surface area (Å²) in [6.07, 6.45) is 2.73. The maximum absolute atomic E-state index is 14.2. The Labute approximate surface area is 232 Å². The second-order valence-corrected chi connectivity index (χ2v) is 9.56. The smallest absolute Gasteiger partial charge is 0.339 e. The van der Waals surface area contributed by atoms with Crippen LogP contribution in [0.15, 0.2) is 103 Å². The molecule has 0 aliphatic carbocycles. The van der Waals surface area contributed by atoms with Crippen LogP contribution in [0.4, 0.5) is 10.5 Å². The number of carbonyl (C=O) groups is 2. The van der Waals surface area contributed by atoms with E-state index in [0.717, 1.165) is 34.0 Å². The zero-order valence-corrected chi connectivity index (χ0v) is 22.3. The molecule has 1 N–H and O–H groups in total. The van der Waals surface area contributed by atoms with Crippen molar-refractivity contribution in [3.8, 4) is 11.5 Å². The van der Waals surface area contributed by atoms with Gasteiger partial charge in [0, 0.05) is 11.8 Å². The van der Waals surface area contributed by atoms with Crippen LogP contribution >= 0.6 is 0 Å². The lowest BCUT2D eigenvalue weighted by atomic mass is 10.0. The van der Waals surface area contributed by atoms with Crippen molar-refractivity contribution in [2.45, 2.75) is 25.9 Å². The summed E-state index contributed by atoms with van der Waals surface area (Å²) < 4.78 is 9.06. The van der Waals surface area contributed by atoms with Crippen LogP contribution in [0.25, 0.3) is 11.5 Å². The van der Waals surface area contributed by atoms with Gasteiger partial charge in [-0.3, -0.25) is 0 Å². The summed E-state index contributed by atoms with van der Waals surface area (Å²) in [7, 11) is 1.33. The van der Waals surface area contributed by atoms with E-state index in [0.29, 0.717) is 24.2 Å². The second-order valence-electron chi connectivity index (χ2n) is 9.56. The van der Waals surface area contributed by atoms with E-state index >= 15 is 0 Å². The Bertz CT molecular complexity index is 1670. The zero-order chi connectivity index (χ0) is 27.6. The predicted molar refractivity (Wildman–Crippen MR) is 153 cm³/mol. The molecule has 8 nitrogen and oxygen atoms in total. The molecule has 0 saturated heterocycles. The van der Waals surface area contributed by atoms with Crippen LogP contribution in [0.1, 0.15) is 45.8 Å². The summed E-state index contributed by atoms with van der Waals surface area (Å²) in [5.74, 6) is 0.397. The summed E-state index contributed by atoms with van der Waals surface area (Å²) >= 11 is 0. The molecule has 6 rings (SSSR count). The molecule has 0 saturated carbocycles. The van der Waals surface area contributed by atoms with Gasteiger partial charge in [0.2, 0.25) is 0 Å². The Kier molecular flexibility index (Phi) is 6.66. The first-order chi connectivity index (χ1) is 19.6. The van der Waals surface area contributed by atoms with E-state index < -0.39 is 12.0 Å². The Hall–Kier alpha value is -5.11. The lowest BCUT2D eigenvalue weighted by Crippen LogP contribution is -2.38. The first-order valence-corrected chi connectivity index (χ1v) is 13.2. The largest absolute Gasteiger partial charge is 0.465 e. The molecular formula is C32H29N5O3. The second kappa shape index (κ2) is 10.6. The van der Waals surface area contributed by atoms with Crippen molar-refractivity contribution >= 4 is 17.7 Å². The number of nitrogens with one attached hydrogen (secondary N) is 1. The van der Waals surface area contributed by atoms with E-state index in [1.54, 1.807) is 24.3 Å². The zero-order valence-electron chi connectivity index (χ0n) is 22.3. The van der Waals surface area contributed by atoms with Gasteiger partial charge in [-0.05, 0) is 48.4 Å². The summed E-state index contributed by atoms with van der Waals surface area (Å²) in [5, 5.41) is 8.00. The van der Waals surface area contributed by atoms with Gasteiger partial charge in [0.25, 0.3) is 0 Å². The van der Waals surface area contributed by atoms with Gasteiger partial charge in [-0.2, -0.15) is 5.10 Å². The quantitative estimate of drug-likeness (QED) is 0.276. The Morgan fingerprint density at radius 1 is 0.925 bits per heavy atom. The molecular weight excluding hydrogens is 502 g/mol. The number of carbonyl (C=O) groups excluding carboxylic acids is 2. The van der Waals surface area contributed by atoms with Crippen molar-refractivity contribution in [3.63, 3.8) is 0 Å². The third-order valence-electron chi connectivity index (χ3n) is 7.25. The minimum atomic E-state index is -0.514. The van der Waals surface area contributed by atoms with E-state index in [2.05, 4.69) is 16.8 Å². The number of esters is 1. The van der Waals surface area contributed by atoms with Crippen molar-refractivity contribution in [2.24, 2.45) is 0 Å². The fraction of sp³-hybridized carbons (Fsp3) is 0.156. The standard InChI is InChI=1S/C32H29N5O3/c1-3-26-25-21-36(32(39)33-27-18-11-10-17-24(27)31(38)40-2)29(22-13-6-4-7-14-22)28-19-12-20-35(28)30(25)37(34-26)23-15-8-5-9-16-23/h4-20,29H,3,21H2,1-2H3,(H,33,39). The summed E-state index contributed by atoms with van der Waals surface area (Å²) in [6, 6.07) is 30.2. The number of methoxy groups -OCH3 is 1. The topological polar surface area (TPSA) is 81.4 Å². The van der Waals surface area contributed by atoms with E-state index in [-0.39, 0.29) is 6.03 Å². The Balaban J connectivity index is 1.53. The van der Waals surface area contributed by atoms with Gasteiger partial charge in [0.05, 0.1) is 48.0 Å². The maximum atomic E-state index is 14.2. The Morgan fingerprint density at radius 3 is 2.35 bits per heavy atom. The van der Waals surface area contributed by atoms with E-state index in [9.17, 15) is 9.59 Å². The number of amides is 2. The van der Waals surface area contributed by atoms with Crippen molar-refractivity contribution < 1.29 is 14.3 Å². The highest BCUT2D eigenvalue weighted by Crippen LogP contribution is 2.39. The molecule has 0 spiro atoms. The average molecular weight is 532 g/mol. The molecule has 3 aromatic carbocycles. The minimum absolute atomic E-state index is 0.291. The van der Waals surface area contributed by atoms with E-state index in [1.807, 2.05) is 88.6 Å². The monoisotopic (exact) mass is 531 g/mol. The van der Waals surface area contributed by atoms with Gasteiger partial charge in [0.1, 0.15) is 5.82 Å². The number of urea groups is 1. The number of rotatable bonds is 5. The highest BCUT2D eigenvalue weighted by molar-refractivity contribution is 6.01. The van der Waals surface area contributed by atoms with Gasteiger partial charge in [-0.25, -0.2) is 14.3 Å². The van der Waals surface area contributed by atoms with E-state index in [1.165, 1.54) is 7.11 Å². The number of anilines is 1. The normalized spacial score (nSPS) is 14.2. The first-order valence-electron chi connectivity index (χ1n) is 13.2. The highest BCUT2D eigenvalue weighted by Gasteiger charge is 2.36. The first kappa shape index (κ1) is 25.2. The van der Waals surface area contributed by atoms with Crippen LogP contribution in [0.2, 0.25) is 0 Å². The predicted octanol–water partition coefficient (Wildman–Crippen LogP) is 6.15. The molecule has 1 atom stereocenters. The van der Waals surface area contributed by atoms with Crippen LogP contribution in [-0.2, 0) is 17.7 Å². The lowest BCUT2D eigenvalue weighted by molar-refractivity contribution is 0.0602. The Morgan fingerprint density at radius 2 is 1.62 bits per heavy atom. The van der Waals surface area contributed by atoms with Crippen molar-refractivity contribution in [3.05, 3.63) is 131 Å². The van der Waals surface area contributed by atoms with Gasteiger partial charge in [0.15, 0.2) is 0 Å². The number of fused-ring (bicyclic) bond motifs is 3. The van der Waals surface area contributed by atoms with Gasteiger partial charge < -0.3 is 19.5 Å². The molecule has 2 aromatic heterocycles. The van der Waals surface area contributed by atoms with Crippen molar-refractivity contribution in [2.75, 3.05) is 12.4 Å². The van der Waals surface area contributed by atoms with E-state index in [4.69, 9.17) is 9.84 Å². The minimum Gasteiger partial charge on any atom is -0.465 e. The molecule has 3 heterocycles. The SMILES string of the molecule is CCc1nn(-c2ccccc2)c2c1CN(C(=O)Nc1ccccc1C(=O)OC)C(c1ccccc1)c1cccn1-2. The number of benzene rings is 3. The van der Waals surface area contributed by atoms with Gasteiger partial charge >= 0.3 is 12.0 Å². The van der Waals surface area contributed by atoms with Crippen molar-refractivity contribution in [1.29, 1.82) is 0 Å². The molecule has 0 radical (unpaired) electrons. The molecule has 5 aromatic rings. The van der Waals surface area contributed by atoms with Gasteiger partial charge in [-0.15, -0.1) is 0 Å². The molecule has 0 fully saturated rings. The molecule has 1 aliphatic rings. The molecule has 1 aliphatic heterocycles. The number of ether oxygens (including phenoxy) is 1. The maximum Gasteiger partial charge on any atom is 0.339 e. The number of aryl methyl sites for hydroxylation is 1. The van der Waals surface area contributed by atoms with Crippen LogP contribution < -0.4 is 5.32 Å². The van der Waals surface area contributed by atoms with Crippen LogP contribution in [-0.4, -0.2) is 38.4 Å². The average Bonchev–Trinajstić information content (AvgIpc) is 3.59. The third-order valence-corrected chi connectivity index (χ3v) is 7.25. The van der Waals surface area contributed by atoms with Crippen LogP contribution in [0.3, 0.4) is 0 Å². The molecule has 200 valence electrons. The van der Waals surface area contributed by atoms with Crippen LogP contribution in [0.5, 0.6) is 0 Å². The molecule has 1 unspecified atom stereocenters. The fourth-order valence-corrected chi connectivity index (χ4v) is 5.40. The highest BCUT2D eigenvalue weighted by atomic mass is 16.5. The summed E-state index contributed by atoms with van der Waals surface area (Å²) in [4.78, 5) is 28.5. The summed E-state index contributed by atoms with van der Waals surface area (Å²) in [5.41, 5.74) is 5.42. The number of para-hydroxylation sites is 2. The lowest BCUT2D eigenvalue weighted by Gasteiger charge is -2.31. The molecule has 2 amide bonds. The fourth-order valence-electron chi connectivity index (χ4n) is 5.40. The number of hydrogen-bond acceptors (Lipinski definition) is 4. The third kappa shape index (κ3) is 4.33. The van der Waals surface area contributed by atoms with Crippen molar-refractivity contribution in [1.82, 2.24) is 19.2 Å². The van der Waals surface area contributed by atoms with Crippen LogP contribution in [0, 0.1) is 0 Å². The van der Waals surface area contributed by atoms with Gasteiger partial charge in [-0.1, -0.05) is 67.6 Å².